The van der Waals surface area contributed by atoms with Crippen LogP contribution in [0.2, 0.25) is 0 Å². The summed E-state index contributed by atoms with van der Waals surface area (Å²) in [6.45, 7) is 0. The topological polar surface area (TPSA) is 63.2 Å². The van der Waals surface area contributed by atoms with Crippen LogP contribution in [-0.2, 0) is 9.84 Å². The molecule has 1 atom stereocenters. The average molecular weight is 472 g/mol. The van der Waals surface area contributed by atoms with Crippen molar-refractivity contribution in [2.75, 3.05) is 0 Å². The second kappa shape index (κ2) is 7.62. The van der Waals surface area contributed by atoms with Crippen LogP contribution in [0.1, 0.15) is 10.4 Å². The van der Waals surface area contributed by atoms with E-state index >= 15 is 0 Å². The van der Waals surface area contributed by atoms with Gasteiger partial charge in [-0.15, -0.1) is 0 Å². The van der Waals surface area contributed by atoms with E-state index in [0.29, 0.717) is 4.47 Å². The largest absolute Gasteiger partial charge is 0.332 e. The summed E-state index contributed by atoms with van der Waals surface area (Å²) in [5, 5.41) is 0.546. The van der Waals surface area contributed by atoms with Gasteiger partial charge in [-0.25, -0.2) is 8.42 Å². The van der Waals surface area contributed by atoms with Crippen molar-refractivity contribution in [2.24, 2.45) is 0 Å². The highest BCUT2D eigenvalue weighted by molar-refractivity contribution is 9.10. The number of hydrogen-bond donors (Lipinski definition) is 1. The first-order chi connectivity index (χ1) is 11.1. The molecule has 0 aliphatic heterocycles. The van der Waals surface area contributed by atoms with Gasteiger partial charge in [0.25, 0.3) is 5.91 Å². The Morgan fingerprint density at radius 1 is 1.00 bits per heavy atom. The zero-order chi connectivity index (χ0) is 18.0. The van der Waals surface area contributed by atoms with Crippen molar-refractivity contribution in [3.8, 4) is 0 Å². The normalized spacial score (nSPS) is 13.3. The van der Waals surface area contributed by atoms with Crippen LogP contribution < -0.4 is 5.32 Å². The number of hydrogen-bond acceptors (Lipinski definition) is 3. The molecule has 128 valence electrons. The predicted octanol–water partition coefficient (Wildman–Crippen LogP) is 4.35. The lowest BCUT2D eigenvalue weighted by atomic mass is 10.2. The molecule has 1 N–H and O–H groups in total. The minimum Gasteiger partial charge on any atom is -0.332 e. The van der Waals surface area contributed by atoms with E-state index in [2.05, 4.69) is 21.2 Å². The number of nitrogens with one attached hydrogen (secondary N) is 1. The maximum atomic E-state index is 12.8. The van der Waals surface area contributed by atoms with Gasteiger partial charge in [-0.1, -0.05) is 68.9 Å². The highest BCUT2D eigenvalue weighted by Crippen LogP contribution is 2.36. The Morgan fingerprint density at radius 3 is 2.04 bits per heavy atom. The fourth-order valence-electron chi connectivity index (χ4n) is 1.89. The van der Waals surface area contributed by atoms with Crippen LogP contribution in [0, 0.1) is 0 Å². The van der Waals surface area contributed by atoms with Gasteiger partial charge in [0.05, 0.1) is 4.90 Å². The number of rotatable bonds is 4. The van der Waals surface area contributed by atoms with Crippen LogP contribution in [0.15, 0.2) is 64.0 Å². The lowest BCUT2D eigenvalue weighted by Crippen LogP contribution is -2.49. The van der Waals surface area contributed by atoms with E-state index in [0.717, 1.165) is 0 Å². The molecular formula is C15H11BrCl3NO3S. The first kappa shape index (κ1) is 19.5. The second-order valence-electron chi connectivity index (χ2n) is 4.76. The number of halogens is 4. The molecule has 0 radical (unpaired) electrons. The summed E-state index contributed by atoms with van der Waals surface area (Å²) in [4.78, 5) is 12.2. The van der Waals surface area contributed by atoms with Gasteiger partial charge in [0.15, 0.2) is 5.37 Å². The predicted molar refractivity (Wildman–Crippen MR) is 99.3 cm³/mol. The molecule has 2 aromatic rings. The molecular weight excluding hydrogens is 460 g/mol. The fraction of sp³-hybridized carbons (Fsp3) is 0.133. The van der Waals surface area contributed by atoms with Crippen molar-refractivity contribution in [3.05, 3.63) is 64.6 Å². The molecule has 0 saturated heterocycles. The van der Waals surface area contributed by atoms with E-state index in [1.54, 1.807) is 30.3 Å². The van der Waals surface area contributed by atoms with E-state index in [1.807, 2.05) is 0 Å². The zero-order valence-electron chi connectivity index (χ0n) is 11.9. The molecule has 9 heteroatoms. The van der Waals surface area contributed by atoms with E-state index in [4.69, 9.17) is 34.8 Å². The van der Waals surface area contributed by atoms with Crippen molar-refractivity contribution < 1.29 is 13.2 Å². The Kier molecular flexibility index (Phi) is 6.20. The number of alkyl halides is 3. The third-order valence-corrected chi connectivity index (χ3v) is 6.64. The third kappa shape index (κ3) is 4.64. The standard InChI is InChI=1S/C15H11BrCl3NO3S/c16-11-6-8-12(9-7-11)24(22,23)14(15(17,18)19)20-13(21)10-4-2-1-3-5-10/h1-9,14H,(H,20,21). The maximum Gasteiger partial charge on any atom is 0.252 e. The van der Waals surface area contributed by atoms with Crippen molar-refractivity contribution in [3.63, 3.8) is 0 Å². The van der Waals surface area contributed by atoms with Crippen molar-refractivity contribution in [2.45, 2.75) is 14.1 Å². The second-order valence-corrected chi connectivity index (χ2v) is 10.1. The molecule has 2 aromatic carbocycles. The lowest BCUT2D eigenvalue weighted by Gasteiger charge is -2.25. The summed E-state index contributed by atoms with van der Waals surface area (Å²) in [7, 11) is -4.13. The summed E-state index contributed by atoms with van der Waals surface area (Å²) < 4.78 is 24.0. The summed E-state index contributed by atoms with van der Waals surface area (Å²) in [6, 6.07) is 13.9. The SMILES string of the molecule is O=C(NC(C(Cl)(Cl)Cl)S(=O)(=O)c1ccc(Br)cc1)c1ccccc1. The molecule has 4 nitrogen and oxygen atoms in total. The molecule has 0 spiro atoms. The van der Waals surface area contributed by atoms with Gasteiger partial charge in [0, 0.05) is 10.0 Å². The molecule has 1 unspecified atom stereocenters. The van der Waals surface area contributed by atoms with Gasteiger partial charge in [-0.3, -0.25) is 4.79 Å². The molecule has 1 amide bonds. The van der Waals surface area contributed by atoms with Crippen LogP contribution in [0.5, 0.6) is 0 Å². The summed E-state index contributed by atoms with van der Waals surface area (Å²) >= 11 is 20.7. The van der Waals surface area contributed by atoms with E-state index < -0.39 is 24.9 Å². The molecule has 0 bridgehead atoms. The highest BCUT2D eigenvalue weighted by Gasteiger charge is 2.44. The monoisotopic (exact) mass is 469 g/mol. The Bertz CT molecular complexity index is 821. The highest BCUT2D eigenvalue weighted by atomic mass is 79.9. The van der Waals surface area contributed by atoms with Crippen molar-refractivity contribution >= 4 is 66.5 Å². The van der Waals surface area contributed by atoms with Crippen molar-refractivity contribution in [1.29, 1.82) is 0 Å². The van der Waals surface area contributed by atoms with Crippen LogP contribution >= 0.6 is 50.7 Å². The van der Waals surface area contributed by atoms with E-state index in [1.165, 1.54) is 24.3 Å². The smallest absolute Gasteiger partial charge is 0.252 e. The molecule has 0 heterocycles. The molecule has 2 rings (SSSR count). The van der Waals surface area contributed by atoms with Gasteiger partial charge >= 0.3 is 0 Å². The Morgan fingerprint density at radius 2 is 1.54 bits per heavy atom. The summed E-state index contributed by atoms with van der Waals surface area (Å²) in [5.74, 6) is -0.660. The molecule has 0 aliphatic carbocycles. The molecule has 24 heavy (non-hydrogen) atoms. The number of amides is 1. The number of carbonyl (C=O) groups excluding carboxylic acids is 1. The van der Waals surface area contributed by atoms with Crippen LogP contribution in [0.3, 0.4) is 0 Å². The lowest BCUT2D eigenvalue weighted by molar-refractivity contribution is 0.0948. The van der Waals surface area contributed by atoms with Gasteiger partial charge < -0.3 is 5.32 Å². The number of benzene rings is 2. The Labute approximate surface area is 163 Å². The first-order valence-electron chi connectivity index (χ1n) is 6.54. The quantitative estimate of drug-likeness (QED) is 0.675. The zero-order valence-corrected chi connectivity index (χ0v) is 16.6. The minimum absolute atomic E-state index is 0.0737. The van der Waals surface area contributed by atoms with E-state index in [9.17, 15) is 13.2 Å². The Hall–Kier alpha value is -0.790. The molecule has 0 fully saturated rings. The molecule has 0 aliphatic rings. The summed E-state index contributed by atoms with van der Waals surface area (Å²) in [5.41, 5.74) is 0.253. The summed E-state index contributed by atoms with van der Waals surface area (Å²) in [6.07, 6.45) is 0. The van der Waals surface area contributed by atoms with Gasteiger partial charge in [0.2, 0.25) is 13.6 Å². The number of sulfone groups is 1. The molecule has 0 saturated carbocycles. The van der Waals surface area contributed by atoms with Gasteiger partial charge in [-0.2, -0.15) is 0 Å². The minimum atomic E-state index is -4.13. The number of carbonyl (C=O) groups is 1. The first-order valence-corrected chi connectivity index (χ1v) is 10.0. The fourth-order valence-corrected chi connectivity index (χ4v) is 4.77. The van der Waals surface area contributed by atoms with Crippen molar-refractivity contribution in [1.82, 2.24) is 5.32 Å². The Balaban J connectivity index is 2.39. The van der Waals surface area contributed by atoms with Crippen LogP contribution in [-0.4, -0.2) is 23.5 Å². The van der Waals surface area contributed by atoms with Crippen LogP contribution in [0.25, 0.3) is 0 Å². The molecule has 0 aromatic heterocycles. The van der Waals surface area contributed by atoms with Gasteiger partial charge in [0.1, 0.15) is 0 Å². The average Bonchev–Trinajstić information content (AvgIpc) is 2.52. The maximum absolute atomic E-state index is 12.8. The third-order valence-electron chi connectivity index (χ3n) is 3.05. The van der Waals surface area contributed by atoms with E-state index in [-0.39, 0.29) is 10.5 Å². The van der Waals surface area contributed by atoms with Gasteiger partial charge in [-0.05, 0) is 36.4 Å². The van der Waals surface area contributed by atoms with Crippen LogP contribution in [0.4, 0.5) is 0 Å².